The SMILES string of the molecule is C=C1NC(=O)C([C@@H](C)CC)NC(=O)[C@@H]2CSSC[C@H](NC(=O)CCC(=O)O)C(=O)N[C@H](Cc3ccccc3)C(=O)N[C@H](C)C(=O)NC(C[C@@H](C)CC)C(=O)N[C@@H](C(=O)N[C@H](Cc3ccccc3)C(=O)N3CCC[C@H]3C(=O)N2)[C@@H](C)OC(=O)[C@H](CO)NC(=O)[C@H]([C@@H](C)OC)N(C)C(=O)[C@@H](C(C)C)NC(=O)[C@H](C[C@H](C)CC)NC1=O. The van der Waals surface area contributed by atoms with Crippen LogP contribution in [0.5, 0.6) is 0 Å². The number of esters is 1. The summed E-state index contributed by atoms with van der Waals surface area (Å²) in [5, 5.41) is 51.9. The van der Waals surface area contributed by atoms with E-state index in [1.807, 2.05) is 6.92 Å². The van der Waals surface area contributed by atoms with E-state index in [4.69, 9.17) is 9.47 Å². The zero-order valence-electron chi connectivity index (χ0n) is 66.5. The number of aliphatic hydroxyl groups excluding tert-OH is 1. The van der Waals surface area contributed by atoms with Gasteiger partial charge in [-0.1, -0.05) is 163 Å². The van der Waals surface area contributed by atoms with Gasteiger partial charge in [0.25, 0.3) is 5.91 Å². The summed E-state index contributed by atoms with van der Waals surface area (Å²) < 4.78 is 11.5. The molecule has 624 valence electrons. The Morgan fingerprint density at radius 3 is 1.70 bits per heavy atom. The molecule has 113 heavy (non-hydrogen) atoms. The average Bonchev–Trinajstić information content (AvgIpc) is 1.75. The van der Waals surface area contributed by atoms with Crippen LogP contribution in [-0.2, 0) is 99.0 Å². The quantitative estimate of drug-likeness (QED) is 0.0474. The Labute approximate surface area is 667 Å². The van der Waals surface area contributed by atoms with Crippen molar-refractivity contribution < 1.29 is 96.4 Å². The average molecular weight is 1620 g/mol. The van der Waals surface area contributed by atoms with Crippen LogP contribution in [0.25, 0.3) is 0 Å². The molecule has 0 spiro atoms. The number of aliphatic hydroxyl groups is 1. The normalized spacial score (nSPS) is 27.4. The van der Waals surface area contributed by atoms with Gasteiger partial charge < -0.3 is 93.3 Å². The van der Waals surface area contributed by atoms with E-state index in [0.717, 1.165) is 26.5 Å². The highest BCUT2D eigenvalue weighted by atomic mass is 33.1. The van der Waals surface area contributed by atoms with Gasteiger partial charge in [0.1, 0.15) is 78.6 Å². The second-order valence-electron chi connectivity index (χ2n) is 29.4. The first kappa shape index (κ1) is 93.9. The number of hydrogen-bond acceptors (Lipinski definition) is 21. The topological polar surface area (TPSA) is 483 Å². The lowest BCUT2D eigenvalue weighted by molar-refractivity contribution is -0.158. The molecule has 2 aromatic rings. The molecule has 2 unspecified atom stereocenters. The largest absolute Gasteiger partial charge is 0.481 e. The number of carbonyl (C=O) groups excluding carboxylic acids is 15. The number of rotatable bonds is 20. The Balaban J connectivity index is 1.80. The van der Waals surface area contributed by atoms with Crippen LogP contribution in [0.15, 0.2) is 72.9 Å². The van der Waals surface area contributed by atoms with Gasteiger partial charge in [0.2, 0.25) is 76.8 Å². The van der Waals surface area contributed by atoms with Crippen LogP contribution in [0.1, 0.15) is 145 Å². The van der Waals surface area contributed by atoms with Gasteiger partial charge in [0, 0.05) is 51.5 Å². The van der Waals surface area contributed by atoms with E-state index in [1.165, 1.54) is 39.8 Å². The molecule has 36 heteroatoms. The molecule has 3 fully saturated rings. The molecule has 0 aliphatic carbocycles. The number of nitrogens with one attached hydrogen (secondary N) is 12. The van der Waals surface area contributed by atoms with E-state index < -0.39 is 228 Å². The van der Waals surface area contributed by atoms with Gasteiger partial charge >= 0.3 is 11.9 Å². The lowest BCUT2D eigenvalue weighted by Gasteiger charge is -2.36. The van der Waals surface area contributed by atoms with E-state index in [-0.39, 0.29) is 69.1 Å². The summed E-state index contributed by atoms with van der Waals surface area (Å²) in [6.45, 7) is 20.1. The number of methoxy groups -OCH3 is 1. The van der Waals surface area contributed by atoms with Crippen molar-refractivity contribution in [3.8, 4) is 0 Å². The minimum atomic E-state index is -2.05. The van der Waals surface area contributed by atoms with Gasteiger partial charge in [0.05, 0.1) is 24.8 Å². The summed E-state index contributed by atoms with van der Waals surface area (Å²) in [5.74, 6) is -19.1. The molecule has 0 saturated carbocycles. The number of aliphatic carboxylic acids is 1. The lowest BCUT2D eigenvalue weighted by atomic mass is 9.96. The van der Waals surface area contributed by atoms with E-state index >= 15 is 24.0 Å². The molecule has 3 heterocycles. The number of likely N-dealkylation sites (N-methyl/N-ethyl adjacent to an activating group) is 1. The van der Waals surface area contributed by atoms with Crippen LogP contribution in [0.3, 0.4) is 0 Å². The van der Waals surface area contributed by atoms with Crippen LogP contribution in [-0.4, -0.2) is 244 Å². The molecule has 3 aliphatic heterocycles. The van der Waals surface area contributed by atoms with Crippen LogP contribution in [0.4, 0.5) is 0 Å². The Morgan fingerprint density at radius 2 is 1.13 bits per heavy atom. The van der Waals surface area contributed by atoms with E-state index in [1.54, 1.807) is 109 Å². The minimum Gasteiger partial charge on any atom is -0.481 e. The molecule has 2 aromatic carbocycles. The molecule has 18 atom stereocenters. The number of hydrogen-bond donors (Lipinski definition) is 14. The van der Waals surface area contributed by atoms with Crippen molar-refractivity contribution in [1.82, 2.24) is 73.6 Å². The monoisotopic (exact) mass is 1620 g/mol. The van der Waals surface area contributed by atoms with Gasteiger partial charge in [0.15, 0.2) is 6.04 Å². The smallest absolute Gasteiger partial charge is 0.331 e. The van der Waals surface area contributed by atoms with Crippen molar-refractivity contribution in [2.75, 3.05) is 38.8 Å². The molecule has 3 saturated heterocycles. The number of cyclic esters (lactones) is 1. The summed E-state index contributed by atoms with van der Waals surface area (Å²) in [7, 11) is 4.24. The van der Waals surface area contributed by atoms with E-state index in [2.05, 4.69) is 70.4 Å². The molecule has 0 aromatic heterocycles. The van der Waals surface area contributed by atoms with Gasteiger partial charge in [-0.15, -0.1) is 0 Å². The Morgan fingerprint density at radius 1 is 0.593 bits per heavy atom. The van der Waals surface area contributed by atoms with E-state index in [9.17, 15) is 63.0 Å². The van der Waals surface area contributed by atoms with Crippen LogP contribution >= 0.6 is 21.6 Å². The third-order valence-electron chi connectivity index (χ3n) is 20.3. The fourth-order valence-corrected chi connectivity index (χ4v) is 15.0. The number of ether oxygens (including phenoxy) is 2. The van der Waals surface area contributed by atoms with E-state index in [0.29, 0.717) is 24.0 Å². The van der Waals surface area contributed by atoms with Gasteiger partial charge in [-0.2, -0.15) is 0 Å². The molecule has 3 aliphatic rings. The molecule has 14 N–H and O–H groups in total. The maximum absolute atomic E-state index is 15.6. The third-order valence-corrected chi connectivity index (χ3v) is 22.7. The highest BCUT2D eigenvalue weighted by molar-refractivity contribution is 8.76. The van der Waals surface area contributed by atoms with Gasteiger partial charge in [-0.25, -0.2) is 4.79 Å². The number of nitrogens with zero attached hydrogens (tertiary/aromatic N) is 2. The molecule has 5 rings (SSSR count). The molecular formula is C77H114N14O20S2. The van der Waals surface area contributed by atoms with Crippen molar-refractivity contribution in [1.29, 1.82) is 0 Å². The Hall–Kier alpha value is -9.68. The standard InChI is InChI=1S/C77H114N14O20S2/c1-15-41(6)33-50-67(99)87-60(40(4)5)76(108)90(13)63(47(12)110-14)74(106)85-54(37-92)77(109)111-46(11)62-73(105)84-53(36-49-27-22-19-23-28-49)75(107)91-32-24-29-57(91)71(103)86-56(70(102)88-61(43(8)17-3)72(104)79-45(10)65(97)81-50)39-113-112-38-55(80-58(93)30-31-59(94)95)69(101)83-52(35-48-25-20-18-21-26-48)66(98)78-44(9)64(96)82-51(68(100)89-62)34-42(7)16-2/h18-23,25-28,40-44,46-47,50-57,60-63,92H,10,15-17,24,29-39H2,1-9,11-14H3,(H,78,98)(H,79,104)(H,80,93)(H,81,97)(H,82,96)(H,83,101)(H,84,105)(H,85,106)(H,86,103)(H,87,99)(H,88,102)(H,89,100)(H,94,95)/t41-,42+,43+,44-,46-,47-,50+,51?,52-,53-,54+,55+,56+,57+,60-,61?,62-,63+/m1/s1. The summed E-state index contributed by atoms with van der Waals surface area (Å²) >= 11 is 0. The molecule has 14 amide bonds. The number of amides is 14. The molecule has 0 radical (unpaired) electrons. The Kier molecular flexibility index (Phi) is 38.1. The highest BCUT2D eigenvalue weighted by Crippen LogP contribution is 2.27. The van der Waals surface area contributed by atoms with Gasteiger partial charge in [-0.05, 0) is 81.3 Å². The maximum Gasteiger partial charge on any atom is 0.331 e. The fourth-order valence-electron chi connectivity index (χ4n) is 12.6. The van der Waals surface area contributed by atoms with Gasteiger partial charge in [-0.3, -0.25) is 71.9 Å². The third kappa shape index (κ3) is 28.4. The van der Waals surface area contributed by atoms with Crippen LogP contribution in [0, 0.1) is 23.7 Å². The predicted octanol–water partition coefficient (Wildman–Crippen LogP) is 0.0792. The number of carboxylic acids is 1. The Bertz CT molecular complexity index is 3690. The molecular weight excluding hydrogens is 1510 g/mol. The van der Waals surface area contributed by atoms with Crippen molar-refractivity contribution in [2.45, 2.75) is 238 Å². The zero-order valence-corrected chi connectivity index (χ0v) is 68.1. The van der Waals surface area contributed by atoms with Crippen molar-refractivity contribution in [3.05, 3.63) is 84.1 Å². The highest BCUT2D eigenvalue weighted by Gasteiger charge is 2.45. The first-order valence-electron chi connectivity index (χ1n) is 38.3. The molecule has 34 nitrogen and oxygen atoms in total. The fraction of sp³-hybridized carbons (Fsp3) is 0.610. The lowest BCUT2D eigenvalue weighted by Crippen LogP contribution is -2.63. The van der Waals surface area contributed by atoms with Crippen LogP contribution in [0.2, 0.25) is 0 Å². The summed E-state index contributed by atoms with van der Waals surface area (Å²) in [6, 6.07) is -4.17. The number of benzene rings is 2. The number of carboxylic acid groups (broad SMARTS) is 1. The van der Waals surface area contributed by atoms with Crippen molar-refractivity contribution >= 4 is 116 Å². The zero-order chi connectivity index (χ0) is 84.1. The number of fused-ring (bicyclic) bond motifs is 6. The summed E-state index contributed by atoms with van der Waals surface area (Å²) in [4.78, 5) is 236. The first-order valence-corrected chi connectivity index (χ1v) is 40.7. The summed E-state index contributed by atoms with van der Waals surface area (Å²) in [6.07, 6.45) is -3.54. The van der Waals surface area contributed by atoms with Crippen molar-refractivity contribution in [2.24, 2.45) is 23.7 Å². The van der Waals surface area contributed by atoms with Crippen molar-refractivity contribution in [3.63, 3.8) is 0 Å². The van der Waals surface area contributed by atoms with Crippen LogP contribution < -0.4 is 63.8 Å². The number of carbonyl (C=O) groups is 16. The minimum absolute atomic E-state index is 0.0134. The predicted molar refractivity (Wildman–Crippen MR) is 419 cm³/mol. The first-order chi connectivity index (χ1) is 53.5. The summed E-state index contributed by atoms with van der Waals surface area (Å²) in [5.41, 5.74) is 0.407. The second kappa shape index (κ2) is 45.9. The maximum atomic E-state index is 15.6. The molecule has 2 bridgehead atoms. The second-order valence-corrected chi connectivity index (χ2v) is 32.0.